The van der Waals surface area contributed by atoms with Crippen LogP contribution >= 0.6 is 0 Å². The number of amides is 3. The summed E-state index contributed by atoms with van der Waals surface area (Å²) >= 11 is 0. The maximum Gasteiger partial charge on any atom is 0.325 e. The molecule has 3 amide bonds. The van der Waals surface area contributed by atoms with Crippen molar-refractivity contribution < 1.29 is 14.1 Å². The van der Waals surface area contributed by atoms with Gasteiger partial charge in [-0.2, -0.15) is 4.98 Å². The molecule has 0 saturated carbocycles. The standard InChI is InChI=1S/C16H16N4O3/c1-10-17-13(23-19-10)9-20-14(21)16(18-15(20)22)8-4-6-11-5-2-3-7-12(11)16/h2-3,5,7H,4,6,8-9H2,1H3,(H,18,22)/t16-/m0/s1. The Labute approximate surface area is 132 Å². The van der Waals surface area contributed by atoms with Crippen molar-refractivity contribution in [2.45, 2.75) is 38.3 Å². The average Bonchev–Trinajstić information content (AvgIpc) is 3.06. The Morgan fingerprint density at radius 1 is 1.35 bits per heavy atom. The van der Waals surface area contributed by atoms with Crippen molar-refractivity contribution in [3.8, 4) is 0 Å². The molecule has 1 spiro atoms. The third-order valence-electron chi connectivity index (χ3n) is 4.51. The number of aromatic nitrogens is 2. The van der Waals surface area contributed by atoms with Crippen LogP contribution in [0.15, 0.2) is 28.8 Å². The topological polar surface area (TPSA) is 88.3 Å². The maximum atomic E-state index is 13.0. The Hall–Kier alpha value is -2.70. The molecule has 23 heavy (non-hydrogen) atoms. The fraction of sp³-hybridized carbons (Fsp3) is 0.375. The molecule has 118 valence electrons. The summed E-state index contributed by atoms with van der Waals surface area (Å²) in [6.07, 6.45) is 2.38. The summed E-state index contributed by atoms with van der Waals surface area (Å²) in [7, 11) is 0. The van der Waals surface area contributed by atoms with E-state index < -0.39 is 11.6 Å². The number of rotatable bonds is 2. The monoisotopic (exact) mass is 312 g/mol. The van der Waals surface area contributed by atoms with E-state index in [0.717, 1.165) is 28.9 Å². The molecule has 1 saturated heterocycles. The summed E-state index contributed by atoms with van der Waals surface area (Å²) in [4.78, 5) is 30.6. The number of nitrogens with one attached hydrogen (secondary N) is 1. The molecule has 1 aliphatic heterocycles. The van der Waals surface area contributed by atoms with Gasteiger partial charge in [0.15, 0.2) is 5.82 Å². The SMILES string of the molecule is Cc1noc(CN2C(=O)N[C@]3(CCCc4ccccc43)C2=O)n1. The molecule has 0 bridgehead atoms. The zero-order valence-electron chi connectivity index (χ0n) is 12.7. The van der Waals surface area contributed by atoms with Gasteiger partial charge in [-0.25, -0.2) is 4.79 Å². The first-order valence-corrected chi connectivity index (χ1v) is 7.62. The van der Waals surface area contributed by atoms with Gasteiger partial charge in [0.2, 0.25) is 5.89 Å². The number of benzene rings is 1. The minimum atomic E-state index is -0.957. The number of fused-ring (bicyclic) bond motifs is 2. The molecule has 1 fully saturated rings. The smallest absolute Gasteiger partial charge is 0.325 e. The van der Waals surface area contributed by atoms with Crippen molar-refractivity contribution in [3.05, 3.63) is 47.1 Å². The summed E-state index contributed by atoms with van der Waals surface area (Å²) in [5.41, 5.74) is 1.05. The molecule has 1 N–H and O–H groups in total. The minimum absolute atomic E-state index is 0.00454. The van der Waals surface area contributed by atoms with E-state index in [1.165, 1.54) is 0 Å². The van der Waals surface area contributed by atoms with Crippen molar-refractivity contribution in [3.63, 3.8) is 0 Å². The fourth-order valence-corrected chi connectivity index (χ4v) is 3.49. The highest BCUT2D eigenvalue weighted by molar-refractivity contribution is 6.07. The quantitative estimate of drug-likeness (QED) is 0.852. The van der Waals surface area contributed by atoms with Gasteiger partial charge in [-0.1, -0.05) is 29.4 Å². The normalized spacial score (nSPS) is 23.3. The summed E-state index contributed by atoms with van der Waals surface area (Å²) in [6, 6.07) is 7.38. The molecular formula is C16H16N4O3. The van der Waals surface area contributed by atoms with Crippen molar-refractivity contribution in [2.24, 2.45) is 0 Å². The van der Waals surface area contributed by atoms with E-state index in [9.17, 15) is 9.59 Å². The zero-order chi connectivity index (χ0) is 16.0. The van der Waals surface area contributed by atoms with Crippen LogP contribution in [-0.4, -0.2) is 27.0 Å². The molecule has 4 rings (SSSR count). The first-order chi connectivity index (χ1) is 11.1. The molecule has 2 aliphatic rings. The molecule has 1 aromatic carbocycles. The second-order valence-corrected chi connectivity index (χ2v) is 5.97. The van der Waals surface area contributed by atoms with Gasteiger partial charge in [0.1, 0.15) is 12.1 Å². The second-order valence-electron chi connectivity index (χ2n) is 5.97. The van der Waals surface area contributed by atoms with Crippen molar-refractivity contribution in [2.75, 3.05) is 0 Å². The molecule has 7 heteroatoms. The number of aryl methyl sites for hydroxylation is 2. The van der Waals surface area contributed by atoms with Crippen molar-refractivity contribution in [1.82, 2.24) is 20.4 Å². The Balaban J connectivity index is 1.70. The van der Waals surface area contributed by atoms with Gasteiger partial charge in [0.25, 0.3) is 5.91 Å². The Morgan fingerprint density at radius 2 is 2.17 bits per heavy atom. The lowest BCUT2D eigenvalue weighted by Crippen LogP contribution is -2.46. The van der Waals surface area contributed by atoms with Gasteiger partial charge in [-0.3, -0.25) is 9.69 Å². The number of carbonyl (C=O) groups excluding carboxylic acids is 2. The molecule has 1 aromatic heterocycles. The predicted molar refractivity (Wildman–Crippen MR) is 79.2 cm³/mol. The van der Waals surface area contributed by atoms with Crippen LogP contribution in [0.5, 0.6) is 0 Å². The van der Waals surface area contributed by atoms with Gasteiger partial charge in [-0.15, -0.1) is 0 Å². The highest BCUT2D eigenvalue weighted by Gasteiger charge is 2.54. The van der Waals surface area contributed by atoms with E-state index in [4.69, 9.17) is 4.52 Å². The Kier molecular flexibility index (Phi) is 2.97. The molecule has 7 nitrogen and oxygen atoms in total. The van der Waals surface area contributed by atoms with Crippen LogP contribution in [0, 0.1) is 6.92 Å². The van der Waals surface area contributed by atoms with Crippen LogP contribution < -0.4 is 5.32 Å². The third kappa shape index (κ3) is 2.03. The van der Waals surface area contributed by atoms with Crippen LogP contribution in [-0.2, 0) is 23.3 Å². The van der Waals surface area contributed by atoms with E-state index in [2.05, 4.69) is 15.5 Å². The van der Waals surface area contributed by atoms with Crippen molar-refractivity contribution >= 4 is 11.9 Å². The number of imide groups is 1. The number of nitrogens with zero attached hydrogens (tertiary/aromatic N) is 3. The van der Waals surface area contributed by atoms with E-state index >= 15 is 0 Å². The van der Waals surface area contributed by atoms with Crippen LogP contribution in [0.25, 0.3) is 0 Å². The number of hydrogen-bond acceptors (Lipinski definition) is 5. The van der Waals surface area contributed by atoms with Crippen LogP contribution in [0.2, 0.25) is 0 Å². The zero-order valence-corrected chi connectivity index (χ0v) is 12.7. The van der Waals surface area contributed by atoms with Crippen molar-refractivity contribution in [1.29, 1.82) is 0 Å². The minimum Gasteiger partial charge on any atom is -0.337 e. The summed E-state index contributed by atoms with van der Waals surface area (Å²) < 4.78 is 5.03. The molecule has 1 aliphatic carbocycles. The largest absolute Gasteiger partial charge is 0.337 e. The molecule has 0 unspecified atom stereocenters. The van der Waals surface area contributed by atoms with Gasteiger partial charge < -0.3 is 9.84 Å². The Morgan fingerprint density at radius 3 is 2.96 bits per heavy atom. The molecule has 2 aromatic rings. The lowest BCUT2D eigenvalue weighted by Gasteiger charge is -2.33. The van der Waals surface area contributed by atoms with Crippen LogP contribution in [0.4, 0.5) is 4.79 Å². The van der Waals surface area contributed by atoms with Crippen LogP contribution in [0.1, 0.15) is 35.7 Å². The van der Waals surface area contributed by atoms with Gasteiger partial charge in [-0.05, 0) is 37.3 Å². The number of hydrogen-bond donors (Lipinski definition) is 1. The predicted octanol–water partition coefficient (Wildman–Crippen LogP) is 1.66. The third-order valence-corrected chi connectivity index (χ3v) is 4.51. The highest BCUT2D eigenvalue weighted by Crippen LogP contribution is 2.40. The first kappa shape index (κ1) is 13.9. The van der Waals surface area contributed by atoms with E-state index in [0.29, 0.717) is 12.2 Å². The fourth-order valence-electron chi connectivity index (χ4n) is 3.49. The average molecular weight is 312 g/mol. The molecular weight excluding hydrogens is 296 g/mol. The summed E-state index contributed by atoms with van der Waals surface area (Å²) in [6.45, 7) is 1.69. The summed E-state index contributed by atoms with van der Waals surface area (Å²) in [5, 5.41) is 6.59. The highest BCUT2D eigenvalue weighted by atomic mass is 16.5. The molecule has 1 atom stereocenters. The summed E-state index contributed by atoms with van der Waals surface area (Å²) in [5.74, 6) is 0.488. The number of urea groups is 1. The van der Waals surface area contributed by atoms with Crippen LogP contribution in [0.3, 0.4) is 0 Å². The van der Waals surface area contributed by atoms with Gasteiger partial charge in [0.05, 0.1) is 0 Å². The maximum absolute atomic E-state index is 13.0. The van der Waals surface area contributed by atoms with E-state index in [-0.39, 0.29) is 18.3 Å². The van der Waals surface area contributed by atoms with Gasteiger partial charge >= 0.3 is 6.03 Å². The Bertz CT molecular complexity index is 800. The molecule has 0 radical (unpaired) electrons. The van der Waals surface area contributed by atoms with E-state index in [1.807, 2.05) is 24.3 Å². The lowest BCUT2D eigenvalue weighted by atomic mass is 9.76. The molecule has 2 heterocycles. The number of carbonyl (C=O) groups is 2. The van der Waals surface area contributed by atoms with E-state index in [1.54, 1.807) is 6.92 Å². The lowest BCUT2D eigenvalue weighted by molar-refractivity contribution is -0.132. The second kappa shape index (κ2) is 4.91. The first-order valence-electron chi connectivity index (χ1n) is 7.62. The van der Waals surface area contributed by atoms with Gasteiger partial charge in [0, 0.05) is 0 Å².